The molecule has 0 amide bonds. The number of methoxy groups -OCH3 is 1. The molecule has 24 heavy (non-hydrogen) atoms. The Morgan fingerprint density at radius 1 is 1.00 bits per heavy atom. The molecular weight excluding hydrogens is 296 g/mol. The van der Waals surface area contributed by atoms with Crippen molar-refractivity contribution >= 4 is 5.84 Å². The zero-order valence-corrected chi connectivity index (χ0v) is 14.4. The third-order valence-corrected chi connectivity index (χ3v) is 4.84. The number of benzene rings is 2. The second-order valence-corrected chi connectivity index (χ2v) is 6.35. The van der Waals surface area contributed by atoms with Gasteiger partial charge in [-0.1, -0.05) is 60.7 Å². The standard InChI is InChI=1S/C21H26N2O/c1-24-16-8-15-22-20-13-14-21(17-23-20,18-9-4-2-5-10-18)19-11-6-3-7-12-19/h2-7,9-12H,8,13-17H2,1H3,(H,22,23). The molecule has 0 saturated heterocycles. The minimum atomic E-state index is -0.0137. The zero-order chi connectivity index (χ0) is 16.7. The Kier molecular flexibility index (Phi) is 5.65. The van der Waals surface area contributed by atoms with Gasteiger partial charge in [0.15, 0.2) is 0 Å². The summed E-state index contributed by atoms with van der Waals surface area (Å²) in [5, 5.41) is 3.47. The molecule has 0 bridgehead atoms. The highest BCUT2D eigenvalue weighted by Gasteiger charge is 2.36. The number of amidine groups is 1. The molecule has 1 aliphatic rings. The Morgan fingerprint density at radius 3 is 2.12 bits per heavy atom. The molecule has 3 heteroatoms. The molecule has 1 aliphatic heterocycles. The van der Waals surface area contributed by atoms with Gasteiger partial charge in [0.1, 0.15) is 0 Å². The second kappa shape index (κ2) is 8.11. The molecule has 0 spiro atoms. The smallest absolute Gasteiger partial charge is 0.0964 e. The molecule has 1 heterocycles. The van der Waals surface area contributed by atoms with Crippen LogP contribution < -0.4 is 5.32 Å². The fourth-order valence-electron chi connectivity index (χ4n) is 3.47. The molecule has 0 saturated carbocycles. The Hall–Kier alpha value is -2.13. The van der Waals surface area contributed by atoms with E-state index in [1.54, 1.807) is 7.11 Å². The van der Waals surface area contributed by atoms with Crippen molar-refractivity contribution in [2.75, 3.05) is 26.8 Å². The van der Waals surface area contributed by atoms with Gasteiger partial charge < -0.3 is 10.1 Å². The average molecular weight is 322 g/mol. The van der Waals surface area contributed by atoms with Crippen LogP contribution in [0.2, 0.25) is 0 Å². The SMILES string of the molecule is COCCCNC1=NCC(c2ccccc2)(c2ccccc2)CC1. The van der Waals surface area contributed by atoms with Crippen LogP contribution in [0.5, 0.6) is 0 Å². The number of aliphatic imine (C=N–C) groups is 1. The van der Waals surface area contributed by atoms with E-state index >= 15 is 0 Å². The van der Waals surface area contributed by atoms with Gasteiger partial charge in [-0.2, -0.15) is 0 Å². The average Bonchev–Trinajstić information content (AvgIpc) is 2.67. The van der Waals surface area contributed by atoms with Crippen LogP contribution >= 0.6 is 0 Å². The van der Waals surface area contributed by atoms with Crippen LogP contribution in [-0.2, 0) is 10.2 Å². The van der Waals surface area contributed by atoms with E-state index in [0.29, 0.717) is 0 Å². The first-order chi connectivity index (χ1) is 11.8. The molecule has 1 N–H and O–H groups in total. The summed E-state index contributed by atoms with van der Waals surface area (Å²) in [5.74, 6) is 1.13. The van der Waals surface area contributed by atoms with Gasteiger partial charge in [-0.3, -0.25) is 4.99 Å². The van der Waals surface area contributed by atoms with E-state index in [0.717, 1.165) is 44.8 Å². The van der Waals surface area contributed by atoms with Crippen molar-refractivity contribution in [3.8, 4) is 0 Å². The number of nitrogens with zero attached hydrogens (tertiary/aromatic N) is 1. The van der Waals surface area contributed by atoms with Gasteiger partial charge in [-0.05, 0) is 24.0 Å². The summed E-state index contributed by atoms with van der Waals surface area (Å²) in [6.07, 6.45) is 3.08. The Morgan fingerprint density at radius 2 is 1.62 bits per heavy atom. The highest BCUT2D eigenvalue weighted by atomic mass is 16.5. The molecule has 3 nitrogen and oxygen atoms in total. The monoisotopic (exact) mass is 322 g/mol. The van der Waals surface area contributed by atoms with Crippen molar-refractivity contribution in [1.29, 1.82) is 0 Å². The van der Waals surface area contributed by atoms with Gasteiger partial charge in [0.25, 0.3) is 0 Å². The maximum atomic E-state index is 5.10. The molecule has 0 aromatic heterocycles. The van der Waals surface area contributed by atoms with E-state index < -0.39 is 0 Å². The summed E-state index contributed by atoms with van der Waals surface area (Å²) < 4.78 is 5.10. The summed E-state index contributed by atoms with van der Waals surface area (Å²) in [4.78, 5) is 4.90. The predicted molar refractivity (Wildman–Crippen MR) is 99.7 cm³/mol. The lowest BCUT2D eigenvalue weighted by molar-refractivity contribution is 0.195. The molecular formula is C21H26N2O. The lowest BCUT2D eigenvalue weighted by atomic mass is 9.70. The van der Waals surface area contributed by atoms with E-state index in [-0.39, 0.29) is 5.41 Å². The summed E-state index contributed by atoms with van der Waals surface area (Å²) in [6, 6.07) is 21.6. The van der Waals surface area contributed by atoms with Crippen LogP contribution in [0.25, 0.3) is 0 Å². The van der Waals surface area contributed by atoms with Gasteiger partial charge in [0.2, 0.25) is 0 Å². The van der Waals surface area contributed by atoms with Crippen LogP contribution in [0.1, 0.15) is 30.4 Å². The number of hydrogen-bond acceptors (Lipinski definition) is 3. The summed E-state index contributed by atoms with van der Waals surface area (Å²) in [7, 11) is 1.74. The minimum absolute atomic E-state index is 0.0137. The lowest BCUT2D eigenvalue weighted by Crippen LogP contribution is -2.39. The lowest BCUT2D eigenvalue weighted by Gasteiger charge is -2.37. The van der Waals surface area contributed by atoms with E-state index in [1.807, 2.05) is 0 Å². The van der Waals surface area contributed by atoms with Crippen LogP contribution in [0.4, 0.5) is 0 Å². The largest absolute Gasteiger partial charge is 0.385 e. The van der Waals surface area contributed by atoms with E-state index in [2.05, 4.69) is 66.0 Å². The number of rotatable bonds is 6. The summed E-state index contributed by atoms with van der Waals surface area (Å²) in [6.45, 7) is 2.52. The van der Waals surface area contributed by atoms with Crippen molar-refractivity contribution in [2.45, 2.75) is 24.7 Å². The fraction of sp³-hybridized carbons (Fsp3) is 0.381. The molecule has 2 aromatic rings. The predicted octanol–water partition coefficient (Wildman–Crippen LogP) is 3.79. The minimum Gasteiger partial charge on any atom is -0.385 e. The molecule has 0 atom stereocenters. The van der Waals surface area contributed by atoms with Crippen molar-refractivity contribution < 1.29 is 4.74 Å². The van der Waals surface area contributed by atoms with E-state index in [9.17, 15) is 0 Å². The highest BCUT2D eigenvalue weighted by Crippen LogP contribution is 2.39. The topological polar surface area (TPSA) is 33.6 Å². The van der Waals surface area contributed by atoms with E-state index in [4.69, 9.17) is 9.73 Å². The van der Waals surface area contributed by atoms with Gasteiger partial charge in [-0.25, -0.2) is 0 Å². The maximum absolute atomic E-state index is 5.10. The Bertz CT molecular complexity index is 613. The van der Waals surface area contributed by atoms with Gasteiger partial charge in [0, 0.05) is 32.1 Å². The number of hydrogen-bond donors (Lipinski definition) is 1. The van der Waals surface area contributed by atoms with Crippen molar-refractivity contribution in [3.63, 3.8) is 0 Å². The quantitative estimate of drug-likeness (QED) is 0.821. The first kappa shape index (κ1) is 16.7. The molecule has 3 rings (SSSR count). The van der Waals surface area contributed by atoms with Gasteiger partial charge in [-0.15, -0.1) is 0 Å². The van der Waals surface area contributed by atoms with Crippen LogP contribution in [0.15, 0.2) is 65.7 Å². The molecule has 0 radical (unpaired) electrons. The van der Waals surface area contributed by atoms with Crippen LogP contribution in [0, 0.1) is 0 Å². The molecule has 126 valence electrons. The number of ether oxygens (including phenoxy) is 1. The Balaban J connectivity index is 1.80. The third-order valence-electron chi connectivity index (χ3n) is 4.84. The molecule has 2 aromatic carbocycles. The summed E-state index contributed by atoms with van der Waals surface area (Å²) >= 11 is 0. The molecule has 0 unspecified atom stereocenters. The molecule has 0 fully saturated rings. The van der Waals surface area contributed by atoms with E-state index in [1.165, 1.54) is 11.1 Å². The van der Waals surface area contributed by atoms with Crippen LogP contribution in [-0.4, -0.2) is 32.6 Å². The first-order valence-corrected chi connectivity index (χ1v) is 8.72. The summed E-state index contributed by atoms with van der Waals surface area (Å²) in [5.41, 5.74) is 2.71. The normalized spacial score (nSPS) is 16.5. The van der Waals surface area contributed by atoms with Crippen LogP contribution in [0.3, 0.4) is 0 Å². The van der Waals surface area contributed by atoms with Crippen molar-refractivity contribution in [1.82, 2.24) is 5.32 Å². The fourth-order valence-corrected chi connectivity index (χ4v) is 3.47. The molecule has 0 aliphatic carbocycles. The number of nitrogens with one attached hydrogen (secondary N) is 1. The second-order valence-electron chi connectivity index (χ2n) is 6.35. The zero-order valence-electron chi connectivity index (χ0n) is 14.4. The van der Waals surface area contributed by atoms with Gasteiger partial charge >= 0.3 is 0 Å². The van der Waals surface area contributed by atoms with Crippen molar-refractivity contribution in [2.24, 2.45) is 4.99 Å². The van der Waals surface area contributed by atoms with Crippen molar-refractivity contribution in [3.05, 3.63) is 71.8 Å². The third kappa shape index (κ3) is 3.68. The van der Waals surface area contributed by atoms with Gasteiger partial charge in [0.05, 0.1) is 12.4 Å². The highest BCUT2D eigenvalue weighted by molar-refractivity contribution is 5.83. The maximum Gasteiger partial charge on any atom is 0.0964 e. The first-order valence-electron chi connectivity index (χ1n) is 8.72. The Labute approximate surface area is 144 Å².